The molecule has 96 valence electrons. The molecule has 0 aromatic rings. The molecule has 1 heterocycles. The zero-order valence-electron chi connectivity index (χ0n) is 9.93. The lowest BCUT2D eigenvalue weighted by Crippen LogP contribution is -2.54. The van der Waals surface area contributed by atoms with E-state index in [1.807, 2.05) is 0 Å². The van der Waals surface area contributed by atoms with Gasteiger partial charge in [0.1, 0.15) is 6.04 Å². The first kappa shape index (κ1) is 13.8. The molecule has 0 aromatic carbocycles. The first-order valence-electron chi connectivity index (χ1n) is 5.18. The van der Waals surface area contributed by atoms with Crippen LogP contribution >= 0.6 is 11.8 Å². The standard InChI is InChI=1S/C10H15NO5S/c1-4-16-9(15)10(3)11(6(2)12)7(5-17-10)8(13)14/h7H,4-5H2,1-3H3,(H,13,14). The van der Waals surface area contributed by atoms with E-state index in [2.05, 4.69) is 0 Å². The summed E-state index contributed by atoms with van der Waals surface area (Å²) in [6.45, 7) is 4.62. The largest absolute Gasteiger partial charge is 0.480 e. The normalized spacial score (nSPS) is 27.9. The molecule has 1 amide bonds. The number of carbonyl (C=O) groups is 3. The molecule has 0 spiro atoms. The molecule has 1 aliphatic heterocycles. The molecule has 1 fully saturated rings. The third-order valence-corrected chi connectivity index (χ3v) is 3.98. The van der Waals surface area contributed by atoms with E-state index in [0.717, 1.165) is 16.7 Å². The number of thioether (sulfide) groups is 1. The van der Waals surface area contributed by atoms with Gasteiger partial charge in [0.15, 0.2) is 4.87 Å². The van der Waals surface area contributed by atoms with Crippen LogP contribution < -0.4 is 0 Å². The van der Waals surface area contributed by atoms with Gasteiger partial charge < -0.3 is 14.7 Å². The molecule has 0 radical (unpaired) electrons. The molecule has 6 nitrogen and oxygen atoms in total. The van der Waals surface area contributed by atoms with Gasteiger partial charge >= 0.3 is 11.9 Å². The molecule has 0 aliphatic carbocycles. The van der Waals surface area contributed by atoms with Crippen molar-refractivity contribution in [1.29, 1.82) is 0 Å². The molecule has 0 saturated carbocycles. The molecule has 1 N–H and O–H groups in total. The van der Waals surface area contributed by atoms with Crippen molar-refractivity contribution in [3.05, 3.63) is 0 Å². The highest BCUT2D eigenvalue weighted by molar-refractivity contribution is 8.01. The van der Waals surface area contributed by atoms with Crippen molar-refractivity contribution in [2.75, 3.05) is 12.4 Å². The van der Waals surface area contributed by atoms with E-state index in [9.17, 15) is 14.4 Å². The average Bonchev–Trinajstić information content (AvgIpc) is 2.58. The van der Waals surface area contributed by atoms with Crippen molar-refractivity contribution in [2.45, 2.75) is 31.7 Å². The zero-order valence-corrected chi connectivity index (χ0v) is 10.7. The number of hydrogen-bond acceptors (Lipinski definition) is 5. The molecule has 17 heavy (non-hydrogen) atoms. The number of nitrogens with zero attached hydrogens (tertiary/aromatic N) is 1. The highest BCUT2D eigenvalue weighted by atomic mass is 32.2. The Balaban J connectivity index is 3.04. The topological polar surface area (TPSA) is 83.9 Å². The lowest BCUT2D eigenvalue weighted by Gasteiger charge is -2.33. The summed E-state index contributed by atoms with van der Waals surface area (Å²) in [5.74, 6) is -1.95. The average molecular weight is 261 g/mol. The predicted molar refractivity (Wildman–Crippen MR) is 61.4 cm³/mol. The van der Waals surface area contributed by atoms with Crippen molar-refractivity contribution in [2.24, 2.45) is 0 Å². The van der Waals surface area contributed by atoms with Crippen molar-refractivity contribution in [3.63, 3.8) is 0 Å². The van der Waals surface area contributed by atoms with Crippen LogP contribution in [-0.4, -0.2) is 51.1 Å². The number of hydrogen-bond donors (Lipinski definition) is 1. The minimum Gasteiger partial charge on any atom is -0.480 e. The molecule has 2 atom stereocenters. The number of carboxylic acid groups (broad SMARTS) is 1. The third-order valence-electron chi connectivity index (χ3n) is 2.57. The van der Waals surface area contributed by atoms with E-state index in [4.69, 9.17) is 9.84 Å². The van der Waals surface area contributed by atoms with Gasteiger partial charge in [-0.2, -0.15) is 0 Å². The number of esters is 1. The van der Waals surface area contributed by atoms with E-state index >= 15 is 0 Å². The van der Waals surface area contributed by atoms with Crippen LogP contribution in [0, 0.1) is 0 Å². The molecule has 1 aliphatic rings. The van der Waals surface area contributed by atoms with Gasteiger partial charge in [-0.1, -0.05) is 0 Å². The number of carboxylic acids is 1. The first-order valence-corrected chi connectivity index (χ1v) is 6.17. The maximum Gasteiger partial charge on any atom is 0.342 e. The van der Waals surface area contributed by atoms with Crippen molar-refractivity contribution in [1.82, 2.24) is 4.90 Å². The summed E-state index contributed by atoms with van der Waals surface area (Å²) in [7, 11) is 0. The Morgan fingerprint density at radius 3 is 2.53 bits per heavy atom. The molecule has 2 unspecified atom stereocenters. The fraction of sp³-hybridized carbons (Fsp3) is 0.700. The molecule has 0 bridgehead atoms. The summed E-state index contributed by atoms with van der Waals surface area (Å²) in [6, 6.07) is -0.980. The summed E-state index contributed by atoms with van der Waals surface area (Å²) in [4.78, 5) is 34.2. The van der Waals surface area contributed by atoms with E-state index in [-0.39, 0.29) is 12.4 Å². The molecule has 7 heteroatoms. The predicted octanol–water partition coefficient (Wildman–Crippen LogP) is 0.314. The maximum atomic E-state index is 11.8. The van der Waals surface area contributed by atoms with Gasteiger partial charge in [0.25, 0.3) is 0 Å². The van der Waals surface area contributed by atoms with Crippen LogP contribution in [0.1, 0.15) is 20.8 Å². The number of ether oxygens (including phenoxy) is 1. The lowest BCUT2D eigenvalue weighted by atomic mass is 10.2. The van der Waals surface area contributed by atoms with E-state index in [1.54, 1.807) is 6.92 Å². The Labute approximate surface area is 103 Å². The number of aliphatic carboxylic acids is 1. The van der Waals surface area contributed by atoms with Crippen LogP contribution in [0.2, 0.25) is 0 Å². The number of amides is 1. The number of rotatable bonds is 3. The minimum atomic E-state index is -1.25. The highest BCUT2D eigenvalue weighted by Gasteiger charge is 2.54. The van der Waals surface area contributed by atoms with Gasteiger partial charge in [-0.15, -0.1) is 11.8 Å². The van der Waals surface area contributed by atoms with Gasteiger partial charge in [-0.25, -0.2) is 9.59 Å². The highest BCUT2D eigenvalue weighted by Crippen LogP contribution is 2.40. The fourth-order valence-electron chi connectivity index (χ4n) is 1.81. The second-order valence-electron chi connectivity index (χ2n) is 3.76. The van der Waals surface area contributed by atoms with Crippen LogP contribution in [0.15, 0.2) is 0 Å². The molecule has 1 saturated heterocycles. The summed E-state index contributed by atoms with van der Waals surface area (Å²) in [5.41, 5.74) is 0. The Bertz CT molecular complexity index is 359. The summed E-state index contributed by atoms with van der Waals surface area (Å²) < 4.78 is 4.89. The summed E-state index contributed by atoms with van der Waals surface area (Å²) >= 11 is 1.12. The van der Waals surface area contributed by atoms with Crippen LogP contribution in [-0.2, 0) is 19.1 Å². The van der Waals surface area contributed by atoms with Gasteiger partial charge in [-0.05, 0) is 13.8 Å². The Morgan fingerprint density at radius 1 is 1.53 bits per heavy atom. The molecule has 1 rings (SSSR count). The quantitative estimate of drug-likeness (QED) is 0.736. The number of carbonyl (C=O) groups excluding carboxylic acids is 2. The second kappa shape index (κ2) is 4.95. The first-order chi connectivity index (χ1) is 7.84. The monoisotopic (exact) mass is 261 g/mol. The Morgan fingerprint density at radius 2 is 2.12 bits per heavy atom. The van der Waals surface area contributed by atoms with Crippen LogP contribution in [0.4, 0.5) is 0 Å². The van der Waals surface area contributed by atoms with E-state index < -0.39 is 28.8 Å². The van der Waals surface area contributed by atoms with Crippen LogP contribution in [0.3, 0.4) is 0 Å². The molecule has 0 aromatic heterocycles. The van der Waals surface area contributed by atoms with Gasteiger partial charge in [0, 0.05) is 12.7 Å². The van der Waals surface area contributed by atoms with Crippen molar-refractivity contribution in [3.8, 4) is 0 Å². The van der Waals surface area contributed by atoms with Crippen molar-refractivity contribution < 1.29 is 24.2 Å². The zero-order chi connectivity index (χ0) is 13.2. The third kappa shape index (κ3) is 2.38. The van der Waals surface area contributed by atoms with Crippen LogP contribution in [0.5, 0.6) is 0 Å². The SMILES string of the molecule is CCOC(=O)C1(C)SCC(C(=O)O)N1C(C)=O. The Hall–Kier alpha value is -1.24. The summed E-state index contributed by atoms with van der Waals surface area (Å²) in [6.07, 6.45) is 0. The maximum absolute atomic E-state index is 11.8. The molecular formula is C10H15NO5S. The Kier molecular flexibility index (Phi) is 4.03. The van der Waals surface area contributed by atoms with Gasteiger partial charge in [-0.3, -0.25) is 4.79 Å². The van der Waals surface area contributed by atoms with E-state index in [1.165, 1.54) is 13.8 Å². The van der Waals surface area contributed by atoms with Gasteiger partial charge in [0.05, 0.1) is 6.61 Å². The van der Waals surface area contributed by atoms with E-state index in [0.29, 0.717) is 0 Å². The van der Waals surface area contributed by atoms with Gasteiger partial charge in [0.2, 0.25) is 5.91 Å². The lowest BCUT2D eigenvalue weighted by molar-refractivity contribution is -0.160. The molecular weight excluding hydrogens is 246 g/mol. The second-order valence-corrected chi connectivity index (χ2v) is 5.17. The minimum absolute atomic E-state index is 0.185. The fourth-order valence-corrected chi connectivity index (χ4v) is 3.15. The smallest absolute Gasteiger partial charge is 0.342 e. The van der Waals surface area contributed by atoms with Crippen molar-refractivity contribution >= 4 is 29.6 Å². The summed E-state index contributed by atoms with van der Waals surface area (Å²) in [5, 5.41) is 9.02. The van der Waals surface area contributed by atoms with Crippen LogP contribution in [0.25, 0.3) is 0 Å².